The molecule has 0 spiro atoms. The Morgan fingerprint density at radius 2 is 2.27 bits per heavy atom. The molecule has 1 rings (SSSR count). The lowest BCUT2D eigenvalue weighted by molar-refractivity contribution is 0.0825. The van der Waals surface area contributed by atoms with Crippen LogP contribution in [0.1, 0.15) is 39.0 Å². The SMILES string of the molecule is CCCNCCOCCCC1CCCO1. The molecule has 3 heteroatoms. The summed E-state index contributed by atoms with van der Waals surface area (Å²) >= 11 is 0. The normalized spacial score (nSPS) is 21.0. The van der Waals surface area contributed by atoms with Crippen molar-refractivity contribution in [3.63, 3.8) is 0 Å². The van der Waals surface area contributed by atoms with Gasteiger partial charge in [0, 0.05) is 19.8 Å². The molecule has 0 aromatic carbocycles. The van der Waals surface area contributed by atoms with E-state index >= 15 is 0 Å². The Balaban J connectivity index is 1.73. The molecule has 15 heavy (non-hydrogen) atoms. The van der Waals surface area contributed by atoms with Crippen molar-refractivity contribution in [2.45, 2.75) is 45.1 Å². The highest BCUT2D eigenvalue weighted by Gasteiger charge is 2.14. The molecule has 1 heterocycles. The fourth-order valence-electron chi connectivity index (χ4n) is 1.83. The minimum absolute atomic E-state index is 0.520. The van der Waals surface area contributed by atoms with Gasteiger partial charge >= 0.3 is 0 Å². The second kappa shape index (κ2) is 9.13. The first-order chi connectivity index (χ1) is 7.43. The summed E-state index contributed by atoms with van der Waals surface area (Å²) in [5.74, 6) is 0. The molecule has 0 aromatic rings. The fourth-order valence-corrected chi connectivity index (χ4v) is 1.83. The quantitative estimate of drug-likeness (QED) is 0.596. The summed E-state index contributed by atoms with van der Waals surface area (Å²) in [6, 6.07) is 0. The maximum absolute atomic E-state index is 5.54. The highest BCUT2D eigenvalue weighted by Crippen LogP contribution is 2.16. The van der Waals surface area contributed by atoms with Crippen LogP contribution in [-0.2, 0) is 9.47 Å². The van der Waals surface area contributed by atoms with Crippen LogP contribution in [0.5, 0.6) is 0 Å². The highest BCUT2D eigenvalue weighted by atomic mass is 16.5. The Kier molecular flexibility index (Phi) is 7.88. The lowest BCUT2D eigenvalue weighted by atomic mass is 10.1. The van der Waals surface area contributed by atoms with Crippen molar-refractivity contribution >= 4 is 0 Å². The summed E-state index contributed by atoms with van der Waals surface area (Å²) in [6.07, 6.45) is 6.51. The number of nitrogens with one attached hydrogen (secondary N) is 1. The fraction of sp³-hybridized carbons (Fsp3) is 1.00. The van der Waals surface area contributed by atoms with Crippen LogP contribution in [0.15, 0.2) is 0 Å². The van der Waals surface area contributed by atoms with Crippen molar-refractivity contribution in [2.24, 2.45) is 0 Å². The van der Waals surface area contributed by atoms with E-state index in [1.54, 1.807) is 0 Å². The van der Waals surface area contributed by atoms with Gasteiger partial charge in [-0.15, -0.1) is 0 Å². The number of rotatable bonds is 9. The van der Waals surface area contributed by atoms with Crippen molar-refractivity contribution in [1.29, 1.82) is 0 Å². The molecule has 0 bridgehead atoms. The van der Waals surface area contributed by atoms with Crippen LogP contribution in [0, 0.1) is 0 Å². The molecule has 1 saturated heterocycles. The molecule has 1 atom stereocenters. The number of hydrogen-bond acceptors (Lipinski definition) is 3. The van der Waals surface area contributed by atoms with Gasteiger partial charge in [0.1, 0.15) is 0 Å². The van der Waals surface area contributed by atoms with Crippen LogP contribution in [0.4, 0.5) is 0 Å². The van der Waals surface area contributed by atoms with Gasteiger partial charge in [0.15, 0.2) is 0 Å². The van der Waals surface area contributed by atoms with Crippen molar-refractivity contribution < 1.29 is 9.47 Å². The van der Waals surface area contributed by atoms with E-state index in [2.05, 4.69) is 12.2 Å². The number of hydrogen-bond donors (Lipinski definition) is 1. The monoisotopic (exact) mass is 215 g/mol. The third kappa shape index (κ3) is 6.88. The van der Waals surface area contributed by atoms with Gasteiger partial charge in [0.25, 0.3) is 0 Å². The van der Waals surface area contributed by atoms with Crippen LogP contribution in [-0.4, -0.2) is 39.0 Å². The predicted molar refractivity (Wildman–Crippen MR) is 62.2 cm³/mol. The van der Waals surface area contributed by atoms with Gasteiger partial charge in [0.2, 0.25) is 0 Å². The van der Waals surface area contributed by atoms with Gasteiger partial charge in [-0.25, -0.2) is 0 Å². The van der Waals surface area contributed by atoms with E-state index < -0.39 is 0 Å². The van der Waals surface area contributed by atoms with Crippen LogP contribution in [0.3, 0.4) is 0 Å². The molecule has 0 aromatic heterocycles. The Morgan fingerprint density at radius 3 is 3.00 bits per heavy atom. The smallest absolute Gasteiger partial charge is 0.0590 e. The number of ether oxygens (including phenoxy) is 2. The van der Waals surface area contributed by atoms with Gasteiger partial charge in [0.05, 0.1) is 12.7 Å². The Morgan fingerprint density at radius 1 is 1.33 bits per heavy atom. The summed E-state index contributed by atoms with van der Waals surface area (Å²) < 4.78 is 11.1. The molecule has 0 saturated carbocycles. The van der Waals surface area contributed by atoms with Crippen LogP contribution in [0.25, 0.3) is 0 Å². The summed E-state index contributed by atoms with van der Waals surface area (Å²) in [5, 5.41) is 3.32. The Labute approximate surface area is 93.5 Å². The van der Waals surface area contributed by atoms with E-state index in [9.17, 15) is 0 Å². The third-order valence-corrected chi connectivity index (χ3v) is 2.69. The second-order valence-corrected chi connectivity index (χ2v) is 4.14. The van der Waals surface area contributed by atoms with Crippen LogP contribution < -0.4 is 5.32 Å². The molecular weight excluding hydrogens is 190 g/mol. The standard InChI is InChI=1S/C12H25NO2/c1-2-7-13-8-11-14-9-3-5-12-6-4-10-15-12/h12-13H,2-11H2,1H3. The van der Waals surface area contributed by atoms with Crippen molar-refractivity contribution in [3.8, 4) is 0 Å². The Hall–Kier alpha value is -0.120. The first-order valence-corrected chi connectivity index (χ1v) is 6.33. The van der Waals surface area contributed by atoms with Gasteiger partial charge in [-0.2, -0.15) is 0 Å². The van der Waals surface area contributed by atoms with E-state index in [1.807, 2.05) is 0 Å². The van der Waals surface area contributed by atoms with E-state index in [1.165, 1.54) is 25.7 Å². The molecule has 1 aliphatic rings. The zero-order valence-electron chi connectivity index (χ0n) is 9.96. The molecule has 1 N–H and O–H groups in total. The minimum atomic E-state index is 0.520. The summed E-state index contributed by atoms with van der Waals surface area (Å²) in [5.41, 5.74) is 0. The molecule has 1 unspecified atom stereocenters. The molecule has 0 radical (unpaired) electrons. The van der Waals surface area contributed by atoms with Gasteiger partial charge in [-0.3, -0.25) is 0 Å². The molecule has 0 amide bonds. The molecule has 0 aliphatic carbocycles. The van der Waals surface area contributed by atoms with Gasteiger partial charge in [-0.05, 0) is 38.6 Å². The average molecular weight is 215 g/mol. The van der Waals surface area contributed by atoms with Crippen LogP contribution >= 0.6 is 0 Å². The molecule has 3 nitrogen and oxygen atoms in total. The first kappa shape index (κ1) is 12.9. The molecule has 1 fully saturated rings. The van der Waals surface area contributed by atoms with Gasteiger partial charge in [-0.1, -0.05) is 6.92 Å². The zero-order chi connectivity index (χ0) is 10.8. The predicted octanol–water partition coefficient (Wildman–Crippen LogP) is 1.96. The zero-order valence-corrected chi connectivity index (χ0v) is 9.96. The van der Waals surface area contributed by atoms with E-state index in [0.717, 1.165) is 39.3 Å². The lowest BCUT2D eigenvalue weighted by Gasteiger charge is -2.09. The average Bonchev–Trinajstić information content (AvgIpc) is 2.75. The van der Waals surface area contributed by atoms with Crippen molar-refractivity contribution in [2.75, 3.05) is 32.9 Å². The maximum Gasteiger partial charge on any atom is 0.0590 e. The summed E-state index contributed by atoms with van der Waals surface area (Å²) in [4.78, 5) is 0. The topological polar surface area (TPSA) is 30.5 Å². The van der Waals surface area contributed by atoms with E-state index in [4.69, 9.17) is 9.47 Å². The van der Waals surface area contributed by atoms with Crippen molar-refractivity contribution in [3.05, 3.63) is 0 Å². The van der Waals surface area contributed by atoms with E-state index in [-0.39, 0.29) is 0 Å². The minimum Gasteiger partial charge on any atom is -0.380 e. The molecular formula is C12H25NO2. The Bertz CT molecular complexity index is 136. The lowest BCUT2D eigenvalue weighted by Crippen LogP contribution is -2.20. The van der Waals surface area contributed by atoms with Crippen LogP contribution in [0.2, 0.25) is 0 Å². The third-order valence-electron chi connectivity index (χ3n) is 2.69. The molecule has 1 aliphatic heterocycles. The second-order valence-electron chi connectivity index (χ2n) is 4.14. The summed E-state index contributed by atoms with van der Waals surface area (Å²) in [7, 11) is 0. The van der Waals surface area contributed by atoms with E-state index in [0.29, 0.717) is 6.10 Å². The van der Waals surface area contributed by atoms with Gasteiger partial charge < -0.3 is 14.8 Å². The molecule has 90 valence electrons. The first-order valence-electron chi connectivity index (χ1n) is 6.33. The van der Waals surface area contributed by atoms with Crippen molar-refractivity contribution in [1.82, 2.24) is 5.32 Å². The largest absolute Gasteiger partial charge is 0.380 e. The highest BCUT2D eigenvalue weighted by molar-refractivity contribution is 4.64. The maximum atomic E-state index is 5.54. The summed E-state index contributed by atoms with van der Waals surface area (Å²) in [6.45, 7) is 6.94.